The van der Waals surface area contributed by atoms with Gasteiger partial charge < -0.3 is 10.2 Å². The van der Waals surface area contributed by atoms with Crippen LogP contribution in [0.15, 0.2) is 6.20 Å². The van der Waals surface area contributed by atoms with E-state index in [1.54, 1.807) is 0 Å². The zero-order valence-electron chi connectivity index (χ0n) is 12.7. The van der Waals surface area contributed by atoms with Gasteiger partial charge >= 0.3 is 0 Å². The number of piperidine rings is 1. The molecule has 19 heavy (non-hydrogen) atoms. The second kappa shape index (κ2) is 7.06. The Bertz CT molecular complexity index is 377. The van der Waals surface area contributed by atoms with Gasteiger partial charge in [-0.2, -0.15) is 5.10 Å². The Balaban J connectivity index is 1.70. The van der Waals surface area contributed by atoms with Crippen LogP contribution in [0.4, 0.5) is 0 Å². The van der Waals surface area contributed by atoms with E-state index in [2.05, 4.69) is 35.4 Å². The van der Waals surface area contributed by atoms with Crippen LogP contribution >= 0.6 is 0 Å². The molecule has 0 aromatic carbocycles. The quantitative estimate of drug-likeness (QED) is 0.854. The monoisotopic (exact) mass is 264 g/mol. The van der Waals surface area contributed by atoms with Crippen molar-refractivity contribution in [3.63, 3.8) is 0 Å². The Morgan fingerprint density at radius 3 is 2.68 bits per heavy atom. The minimum absolute atomic E-state index is 0.678. The molecule has 0 radical (unpaired) electrons. The maximum Gasteiger partial charge on any atom is 0.0638 e. The van der Waals surface area contributed by atoms with Crippen molar-refractivity contribution < 1.29 is 0 Å². The standard InChI is InChI=1S/C15H28N4/c1-4-5-8-19-9-6-15(7-10-19)16-11-14-12-18(3)17-13(14)2/h12,15-16H,4-11H2,1-3H3. The van der Waals surface area contributed by atoms with Crippen molar-refractivity contribution in [3.05, 3.63) is 17.5 Å². The van der Waals surface area contributed by atoms with Crippen LogP contribution in [-0.4, -0.2) is 40.4 Å². The van der Waals surface area contributed by atoms with Crippen LogP contribution in [0.25, 0.3) is 0 Å². The van der Waals surface area contributed by atoms with Gasteiger partial charge in [0.05, 0.1) is 5.69 Å². The van der Waals surface area contributed by atoms with Gasteiger partial charge in [0, 0.05) is 31.4 Å². The molecule has 0 aliphatic carbocycles. The summed E-state index contributed by atoms with van der Waals surface area (Å²) in [6, 6.07) is 0.678. The van der Waals surface area contributed by atoms with Gasteiger partial charge in [0.25, 0.3) is 0 Å². The molecule has 0 saturated carbocycles. The molecule has 4 heteroatoms. The molecule has 1 aliphatic heterocycles. The Morgan fingerprint density at radius 1 is 1.37 bits per heavy atom. The lowest BCUT2D eigenvalue weighted by Crippen LogP contribution is -2.42. The first kappa shape index (κ1) is 14.5. The molecule has 0 spiro atoms. The molecule has 1 N–H and O–H groups in total. The van der Waals surface area contributed by atoms with E-state index in [9.17, 15) is 0 Å². The molecule has 0 unspecified atom stereocenters. The number of nitrogens with one attached hydrogen (secondary N) is 1. The van der Waals surface area contributed by atoms with Crippen LogP contribution in [-0.2, 0) is 13.6 Å². The van der Waals surface area contributed by atoms with Gasteiger partial charge in [0.1, 0.15) is 0 Å². The number of aryl methyl sites for hydroxylation is 2. The zero-order valence-corrected chi connectivity index (χ0v) is 12.7. The molecular formula is C15H28N4. The first-order valence-corrected chi connectivity index (χ1v) is 7.64. The maximum absolute atomic E-state index is 4.39. The number of hydrogen-bond acceptors (Lipinski definition) is 3. The van der Waals surface area contributed by atoms with E-state index < -0.39 is 0 Å². The fraction of sp³-hybridized carbons (Fsp3) is 0.800. The van der Waals surface area contributed by atoms with Crippen molar-refractivity contribution in [2.45, 2.75) is 52.1 Å². The van der Waals surface area contributed by atoms with Gasteiger partial charge in [0.2, 0.25) is 0 Å². The smallest absolute Gasteiger partial charge is 0.0638 e. The summed E-state index contributed by atoms with van der Waals surface area (Å²) < 4.78 is 1.90. The van der Waals surface area contributed by atoms with Gasteiger partial charge in [-0.3, -0.25) is 4.68 Å². The molecule has 1 fully saturated rings. The zero-order chi connectivity index (χ0) is 13.7. The second-order valence-electron chi connectivity index (χ2n) is 5.76. The first-order valence-electron chi connectivity index (χ1n) is 7.64. The largest absolute Gasteiger partial charge is 0.310 e. The second-order valence-corrected chi connectivity index (χ2v) is 5.76. The summed E-state index contributed by atoms with van der Waals surface area (Å²) >= 11 is 0. The Labute approximate surface area is 117 Å². The molecule has 2 rings (SSSR count). The van der Waals surface area contributed by atoms with Gasteiger partial charge in [-0.1, -0.05) is 13.3 Å². The highest BCUT2D eigenvalue weighted by Crippen LogP contribution is 2.12. The number of unbranched alkanes of at least 4 members (excludes halogenated alkanes) is 1. The molecule has 1 saturated heterocycles. The van der Waals surface area contributed by atoms with Gasteiger partial charge in [-0.15, -0.1) is 0 Å². The molecule has 0 atom stereocenters. The average molecular weight is 264 g/mol. The highest BCUT2D eigenvalue weighted by atomic mass is 15.3. The molecule has 108 valence electrons. The Hall–Kier alpha value is -0.870. The number of aromatic nitrogens is 2. The van der Waals surface area contributed by atoms with Gasteiger partial charge in [-0.25, -0.2) is 0 Å². The van der Waals surface area contributed by atoms with E-state index in [1.807, 2.05) is 11.7 Å². The van der Waals surface area contributed by atoms with Gasteiger partial charge in [0.15, 0.2) is 0 Å². The Morgan fingerprint density at radius 2 is 2.11 bits per heavy atom. The molecule has 1 aromatic heterocycles. The highest BCUT2D eigenvalue weighted by Gasteiger charge is 2.18. The molecule has 1 aliphatic rings. The lowest BCUT2D eigenvalue weighted by atomic mass is 10.0. The van der Waals surface area contributed by atoms with Crippen LogP contribution in [0.5, 0.6) is 0 Å². The van der Waals surface area contributed by atoms with Crippen molar-refractivity contribution in [1.29, 1.82) is 0 Å². The number of rotatable bonds is 6. The van der Waals surface area contributed by atoms with E-state index in [0.717, 1.165) is 12.2 Å². The van der Waals surface area contributed by atoms with Gasteiger partial charge in [-0.05, 0) is 45.8 Å². The molecule has 4 nitrogen and oxygen atoms in total. The number of hydrogen-bond donors (Lipinski definition) is 1. The first-order chi connectivity index (χ1) is 9.19. The van der Waals surface area contributed by atoms with Crippen LogP contribution in [0.1, 0.15) is 43.9 Å². The fourth-order valence-corrected chi connectivity index (χ4v) is 2.82. The highest BCUT2D eigenvalue weighted by molar-refractivity contribution is 5.14. The lowest BCUT2D eigenvalue weighted by Gasteiger charge is -2.32. The predicted octanol–water partition coefficient (Wildman–Crippen LogP) is 2.08. The van der Waals surface area contributed by atoms with E-state index in [0.29, 0.717) is 6.04 Å². The van der Waals surface area contributed by atoms with Crippen LogP contribution in [0.2, 0.25) is 0 Å². The minimum Gasteiger partial charge on any atom is -0.310 e. The minimum atomic E-state index is 0.678. The molecule has 1 aromatic rings. The molecule has 0 bridgehead atoms. The summed E-state index contributed by atoms with van der Waals surface area (Å²) in [5, 5.41) is 8.08. The summed E-state index contributed by atoms with van der Waals surface area (Å²) in [7, 11) is 1.99. The predicted molar refractivity (Wildman–Crippen MR) is 79.2 cm³/mol. The van der Waals surface area contributed by atoms with Crippen LogP contribution in [0.3, 0.4) is 0 Å². The third-order valence-electron chi connectivity index (χ3n) is 4.11. The third kappa shape index (κ3) is 4.32. The molecular weight excluding hydrogens is 236 g/mol. The number of nitrogens with zero attached hydrogens (tertiary/aromatic N) is 3. The normalized spacial score (nSPS) is 18.1. The summed E-state index contributed by atoms with van der Waals surface area (Å²) in [6.45, 7) is 9.10. The average Bonchev–Trinajstić information content (AvgIpc) is 2.73. The van der Waals surface area contributed by atoms with E-state index in [-0.39, 0.29) is 0 Å². The van der Waals surface area contributed by atoms with Crippen molar-refractivity contribution in [2.24, 2.45) is 7.05 Å². The van der Waals surface area contributed by atoms with Crippen molar-refractivity contribution >= 4 is 0 Å². The lowest BCUT2D eigenvalue weighted by molar-refractivity contribution is 0.195. The van der Waals surface area contributed by atoms with Crippen molar-refractivity contribution in [1.82, 2.24) is 20.0 Å². The van der Waals surface area contributed by atoms with Crippen molar-refractivity contribution in [2.75, 3.05) is 19.6 Å². The van der Waals surface area contributed by atoms with Crippen LogP contribution in [0, 0.1) is 6.92 Å². The summed E-state index contributed by atoms with van der Waals surface area (Å²) in [6.07, 6.45) is 7.33. The maximum atomic E-state index is 4.39. The summed E-state index contributed by atoms with van der Waals surface area (Å²) in [4.78, 5) is 2.61. The summed E-state index contributed by atoms with van der Waals surface area (Å²) in [5.74, 6) is 0. The number of likely N-dealkylation sites (tertiary alicyclic amines) is 1. The van der Waals surface area contributed by atoms with E-state index in [4.69, 9.17) is 0 Å². The van der Waals surface area contributed by atoms with E-state index in [1.165, 1.54) is 50.9 Å². The topological polar surface area (TPSA) is 33.1 Å². The fourth-order valence-electron chi connectivity index (χ4n) is 2.82. The molecule has 0 amide bonds. The Kier molecular flexibility index (Phi) is 5.40. The SMILES string of the molecule is CCCCN1CCC(NCc2cn(C)nc2C)CC1. The third-order valence-corrected chi connectivity index (χ3v) is 4.11. The van der Waals surface area contributed by atoms with Crippen LogP contribution < -0.4 is 5.32 Å². The van der Waals surface area contributed by atoms with E-state index >= 15 is 0 Å². The summed E-state index contributed by atoms with van der Waals surface area (Å²) in [5.41, 5.74) is 2.48. The molecule has 2 heterocycles. The van der Waals surface area contributed by atoms with Crippen molar-refractivity contribution in [3.8, 4) is 0 Å².